The molecule has 4 heterocycles. The number of benzene rings is 2. The number of anilines is 1. The molecule has 4 aromatic rings. The number of hydrogen-bond acceptors (Lipinski definition) is 5. The molecular formula is C29H27F3N6O. The van der Waals surface area contributed by atoms with Crippen LogP contribution >= 0.6 is 0 Å². The van der Waals surface area contributed by atoms with Crippen LogP contribution in [0.1, 0.15) is 48.2 Å². The van der Waals surface area contributed by atoms with E-state index in [0.29, 0.717) is 36.8 Å². The Morgan fingerprint density at radius 1 is 1.05 bits per heavy atom. The van der Waals surface area contributed by atoms with Crippen molar-refractivity contribution >= 4 is 11.7 Å². The van der Waals surface area contributed by atoms with Crippen molar-refractivity contribution in [2.24, 2.45) is 0 Å². The van der Waals surface area contributed by atoms with Gasteiger partial charge in [0.15, 0.2) is 11.5 Å². The Bertz CT molecular complexity index is 1540. The average Bonchev–Trinajstić information content (AvgIpc) is 3.45. The third-order valence-corrected chi connectivity index (χ3v) is 7.29. The van der Waals surface area contributed by atoms with Crippen LogP contribution in [0.5, 0.6) is 0 Å². The summed E-state index contributed by atoms with van der Waals surface area (Å²) in [5.74, 6) is 1.67. The largest absolute Gasteiger partial charge is 0.434 e. The lowest BCUT2D eigenvalue weighted by Gasteiger charge is -2.29. The Kier molecular flexibility index (Phi) is 6.22. The molecule has 1 N–H and O–H groups in total. The highest BCUT2D eigenvalue weighted by Gasteiger charge is 2.36. The van der Waals surface area contributed by atoms with Gasteiger partial charge in [0, 0.05) is 42.2 Å². The number of rotatable bonds is 6. The van der Waals surface area contributed by atoms with Gasteiger partial charge in [0.1, 0.15) is 11.6 Å². The third kappa shape index (κ3) is 4.69. The number of carbonyl (C=O) groups excluding carboxylic acids is 1. The van der Waals surface area contributed by atoms with Crippen LogP contribution in [-0.2, 0) is 23.9 Å². The maximum Gasteiger partial charge on any atom is 0.434 e. The quantitative estimate of drug-likeness (QED) is 0.361. The molecule has 0 bridgehead atoms. The monoisotopic (exact) mass is 532 g/mol. The Hall–Kier alpha value is -4.05. The maximum atomic E-state index is 13.4. The molecule has 1 saturated heterocycles. The van der Waals surface area contributed by atoms with E-state index in [9.17, 15) is 18.0 Å². The molecule has 2 aliphatic rings. The first kappa shape index (κ1) is 25.2. The van der Waals surface area contributed by atoms with Crippen molar-refractivity contribution in [3.05, 3.63) is 83.3 Å². The summed E-state index contributed by atoms with van der Waals surface area (Å²) in [6.07, 6.45) is -1.48. The fourth-order valence-electron chi connectivity index (χ4n) is 5.06. The molecule has 2 aromatic carbocycles. The van der Waals surface area contributed by atoms with Crippen molar-refractivity contribution in [2.75, 3.05) is 18.0 Å². The molecule has 6 rings (SSSR count). The molecule has 0 aliphatic carbocycles. The van der Waals surface area contributed by atoms with E-state index in [1.807, 2.05) is 30.3 Å². The van der Waals surface area contributed by atoms with Gasteiger partial charge in [0.25, 0.3) is 0 Å². The third-order valence-electron chi connectivity index (χ3n) is 7.29. The molecule has 1 fully saturated rings. The van der Waals surface area contributed by atoms with Gasteiger partial charge >= 0.3 is 6.18 Å². The summed E-state index contributed by atoms with van der Waals surface area (Å²) in [6, 6.07) is 15.1. The van der Waals surface area contributed by atoms with E-state index >= 15 is 0 Å². The SMILES string of the molecule is CC(C)c1ccccc1-c1ncc2c(n1)N(Cc1ccc(-c3nc(C(F)(F)F)cn3C3CNC3)cc1)C(=O)C2. The van der Waals surface area contributed by atoms with E-state index < -0.39 is 11.9 Å². The molecule has 0 unspecified atom stereocenters. The first-order valence-corrected chi connectivity index (χ1v) is 12.9. The number of amides is 1. The first-order valence-electron chi connectivity index (χ1n) is 12.9. The topological polar surface area (TPSA) is 75.9 Å². The molecule has 10 heteroatoms. The number of hydrogen-bond donors (Lipinski definition) is 1. The van der Waals surface area contributed by atoms with Crippen LogP contribution in [0.2, 0.25) is 0 Å². The highest BCUT2D eigenvalue weighted by molar-refractivity contribution is 6.00. The number of nitrogens with one attached hydrogen (secondary N) is 1. The molecule has 2 aromatic heterocycles. The lowest BCUT2D eigenvalue weighted by atomic mass is 9.97. The van der Waals surface area contributed by atoms with Gasteiger partial charge in [0.2, 0.25) is 5.91 Å². The van der Waals surface area contributed by atoms with Crippen molar-refractivity contribution < 1.29 is 18.0 Å². The minimum absolute atomic E-state index is 0.0690. The van der Waals surface area contributed by atoms with Crippen LogP contribution in [0.25, 0.3) is 22.8 Å². The van der Waals surface area contributed by atoms with Crippen LogP contribution in [0.4, 0.5) is 19.0 Å². The second-order valence-corrected chi connectivity index (χ2v) is 10.3. The zero-order valence-electron chi connectivity index (χ0n) is 21.5. The van der Waals surface area contributed by atoms with E-state index in [2.05, 4.69) is 35.2 Å². The number of aromatic nitrogens is 4. The van der Waals surface area contributed by atoms with Gasteiger partial charge in [-0.05, 0) is 17.0 Å². The Morgan fingerprint density at radius 2 is 1.79 bits per heavy atom. The smallest absolute Gasteiger partial charge is 0.325 e. The van der Waals surface area contributed by atoms with Gasteiger partial charge in [-0.25, -0.2) is 15.0 Å². The fraction of sp³-hybridized carbons (Fsp3) is 0.310. The molecule has 39 heavy (non-hydrogen) atoms. The minimum atomic E-state index is -4.52. The van der Waals surface area contributed by atoms with Crippen LogP contribution < -0.4 is 10.2 Å². The van der Waals surface area contributed by atoms with E-state index in [-0.39, 0.29) is 30.1 Å². The summed E-state index contributed by atoms with van der Waals surface area (Å²) >= 11 is 0. The number of nitrogens with zero attached hydrogens (tertiary/aromatic N) is 5. The van der Waals surface area contributed by atoms with Gasteiger partial charge in [-0.15, -0.1) is 0 Å². The van der Waals surface area contributed by atoms with Gasteiger partial charge in [0.05, 0.1) is 19.0 Å². The molecule has 0 spiro atoms. The van der Waals surface area contributed by atoms with Gasteiger partial charge in [-0.1, -0.05) is 62.4 Å². The standard InChI is InChI=1S/C29H27F3N6O/c1-17(2)22-5-3-4-6-23(22)26-34-12-20-11-25(39)38(28(20)36-26)15-18-7-9-19(10-8-18)27-35-24(29(30,31)32)16-37(27)21-13-33-14-21/h3-10,12,16-17,21,33H,11,13-15H2,1-2H3. The fourth-order valence-corrected chi connectivity index (χ4v) is 5.06. The zero-order valence-corrected chi connectivity index (χ0v) is 21.5. The number of alkyl halides is 3. The summed E-state index contributed by atoms with van der Waals surface area (Å²) in [6.45, 7) is 5.72. The second-order valence-electron chi connectivity index (χ2n) is 10.3. The summed E-state index contributed by atoms with van der Waals surface area (Å²) in [5, 5.41) is 3.09. The van der Waals surface area contributed by atoms with Crippen molar-refractivity contribution in [1.29, 1.82) is 0 Å². The lowest BCUT2D eigenvalue weighted by molar-refractivity contribution is -0.141. The molecule has 0 atom stereocenters. The van der Waals surface area contributed by atoms with Crippen LogP contribution in [0.3, 0.4) is 0 Å². The molecule has 0 saturated carbocycles. The maximum absolute atomic E-state index is 13.4. The summed E-state index contributed by atoms with van der Waals surface area (Å²) in [4.78, 5) is 27.9. The molecule has 200 valence electrons. The Balaban J connectivity index is 1.28. The number of halogens is 3. The summed E-state index contributed by atoms with van der Waals surface area (Å²) < 4.78 is 41.8. The summed E-state index contributed by atoms with van der Waals surface area (Å²) in [7, 11) is 0. The van der Waals surface area contributed by atoms with E-state index in [1.165, 1.54) is 0 Å². The molecule has 1 amide bonds. The predicted molar refractivity (Wildman–Crippen MR) is 141 cm³/mol. The van der Waals surface area contributed by atoms with Crippen molar-refractivity contribution in [1.82, 2.24) is 24.8 Å². The highest BCUT2D eigenvalue weighted by atomic mass is 19.4. The van der Waals surface area contributed by atoms with E-state index in [1.54, 1.807) is 27.8 Å². The van der Waals surface area contributed by atoms with E-state index in [0.717, 1.165) is 28.5 Å². The number of imidazole rings is 1. The molecule has 7 nitrogen and oxygen atoms in total. The van der Waals surface area contributed by atoms with Crippen molar-refractivity contribution in [3.63, 3.8) is 0 Å². The number of carbonyl (C=O) groups is 1. The Morgan fingerprint density at radius 3 is 2.46 bits per heavy atom. The van der Waals surface area contributed by atoms with Gasteiger partial charge in [-0.3, -0.25) is 9.69 Å². The van der Waals surface area contributed by atoms with Gasteiger partial charge in [-0.2, -0.15) is 13.2 Å². The van der Waals surface area contributed by atoms with Crippen LogP contribution in [0, 0.1) is 0 Å². The normalized spacial score (nSPS) is 15.6. The summed E-state index contributed by atoms with van der Waals surface area (Å²) in [5.41, 5.74) is 3.37. The zero-order chi connectivity index (χ0) is 27.3. The number of fused-ring (bicyclic) bond motifs is 1. The van der Waals surface area contributed by atoms with Crippen LogP contribution in [-0.4, -0.2) is 38.5 Å². The van der Waals surface area contributed by atoms with Gasteiger partial charge < -0.3 is 9.88 Å². The Labute approximate surface area is 223 Å². The first-order chi connectivity index (χ1) is 18.7. The second kappa shape index (κ2) is 9.60. The average molecular weight is 533 g/mol. The minimum Gasteiger partial charge on any atom is -0.325 e. The van der Waals surface area contributed by atoms with E-state index in [4.69, 9.17) is 4.98 Å². The molecule has 0 radical (unpaired) electrons. The lowest BCUT2D eigenvalue weighted by Crippen LogP contribution is -2.43. The highest BCUT2D eigenvalue weighted by Crippen LogP contribution is 2.35. The van der Waals surface area contributed by atoms with Crippen LogP contribution in [0.15, 0.2) is 60.9 Å². The van der Waals surface area contributed by atoms with Crippen molar-refractivity contribution in [2.45, 2.75) is 44.9 Å². The van der Waals surface area contributed by atoms with Crippen molar-refractivity contribution in [3.8, 4) is 22.8 Å². The predicted octanol–water partition coefficient (Wildman–Crippen LogP) is 5.38. The molecular weight excluding hydrogens is 505 g/mol. The molecule has 2 aliphatic heterocycles.